The van der Waals surface area contributed by atoms with Gasteiger partial charge in [-0.1, -0.05) is 82.7 Å². The Morgan fingerprint density at radius 3 is 2.40 bits per heavy atom. The summed E-state index contributed by atoms with van der Waals surface area (Å²) in [6, 6.07) is 24.0. The Bertz CT molecular complexity index is 1300. The van der Waals surface area contributed by atoms with Crippen molar-refractivity contribution in [3.8, 4) is 0 Å². The van der Waals surface area contributed by atoms with Crippen LogP contribution >= 0.6 is 15.9 Å². The van der Waals surface area contributed by atoms with Gasteiger partial charge in [0.25, 0.3) is 11.5 Å². The summed E-state index contributed by atoms with van der Waals surface area (Å²) in [6.45, 7) is 0.269. The first-order chi connectivity index (χ1) is 14.6. The first kappa shape index (κ1) is 19.7. The summed E-state index contributed by atoms with van der Waals surface area (Å²) in [4.78, 5) is 25.7. The van der Waals surface area contributed by atoms with Crippen molar-refractivity contribution in [1.82, 2.24) is 15.2 Å². The molecule has 0 saturated heterocycles. The second kappa shape index (κ2) is 8.84. The number of rotatable bonds is 5. The summed E-state index contributed by atoms with van der Waals surface area (Å²) < 4.78 is 2.17. The molecule has 0 aliphatic heterocycles. The van der Waals surface area contributed by atoms with Crippen LogP contribution in [0.1, 0.15) is 21.6 Å². The largest absolute Gasteiger partial charge is 0.292 e. The first-order valence-corrected chi connectivity index (χ1v) is 10.0. The van der Waals surface area contributed by atoms with E-state index < -0.39 is 5.91 Å². The van der Waals surface area contributed by atoms with E-state index in [2.05, 4.69) is 31.6 Å². The van der Waals surface area contributed by atoms with Gasteiger partial charge in [-0.05, 0) is 17.7 Å². The minimum absolute atomic E-state index is 0.144. The summed E-state index contributed by atoms with van der Waals surface area (Å²) in [5.41, 5.74) is 4.15. The van der Waals surface area contributed by atoms with Crippen molar-refractivity contribution in [2.75, 3.05) is 0 Å². The molecule has 3 aromatic carbocycles. The molecule has 4 rings (SSSR count). The number of aromatic nitrogens is 2. The highest BCUT2D eigenvalue weighted by atomic mass is 79.9. The quantitative estimate of drug-likeness (QED) is 0.361. The molecule has 0 fully saturated rings. The molecule has 0 saturated carbocycles. The van der Waals surface area contributed by atoms with Gasteiger partial charge in [-0.3, -0.25) is 9.59 Å². The number of hydrogen-bond acceptors (Lipinski definition) is 4. The van der Waals surface area contributed by atoms with Crippen LogP contribution in [0, 0.1) is 0 Å². The zero-order valence-corrected chi connectivity index (χ0v) is 17.4. The molecular formula is C23H17BrN4O2. The molecular weight excluding hydrogens is 444 g/mol. The normalized spacial score (nSPS) is 11.1. The van der Waals surface area contributed by atoms with Gasteiger partial charge in [0.05, 0.1) is 18.1 Å². The molecule has 1 heterocycles. The molecule has 0 spiro atoms. The fourth-order valence-corrected chi connectivity index (χ4v) is 3.45. The number of hydrazone groups is 1. The van der Waals surface area contributed by atoms with Gasteiger partial charge in [0.2, 0.25) is 0 Å². The summed E-state index contributed by atoms with van der Waals surface area (Å²) in [6.07, 6.45) is 1.55. The SMILES string of the molecule is O=C(N/N=C\c1ccccc1Br)c1nn(Cc2ccccc2)c(=O)c2ccccc12. The van der Waals surface area contributed by atoms with E-state index in [1.54, 1.807) is 30.5 Å². The molecule has 7 heteroatoms. The summed E-state index contributed by atoms with van der Waals surface area (Å²) >= 11 is 3.44. The van der Waals surface area contributed by atoms with Crippen LogP contribution in [0.25, 0.3) is 10.8 Å². The van der Waals surface area contributed by atoms with Crippen molar-refractivity contribution in [3.63, 3.8) is 0 Å². The molecule has 0 unspecified atom stereocenters. The molecule has 0 radical (unpaired) electrons. The molecule has 0 atom stereocenters. The average molecular weight is 461 g/mol. The van der Waals surface area contributed by atoms with Gasteiger partial charge in [0, 0.05) is 15.4 Å². The number of fused-ring (bicyclic) bond motifs is 1. The Morgan fingerprint density at radius 1 is 0.967 bits per heavy atom. The minimum Gasteiger partial charge on any atom is -0.267 e. The molecule has 148 valence electrons. The lowest BCUT2D eigenvalue weighted by Crippen LogP contribution is -2.29. The van der Waals surface area contributed by atoms with Crippen LogP contribution < -0.4 is 11.0 Å². The number of amides is 1. The van der Waals surface area contributed by atoms with Crippen molar-refractivity contribution < 1.29 is 4.79 Å². The number of halogens is 1. The Hall–Kier alpha value is -3.58. The Labute approximate surface area is 181 Å². The molecule has 1 aromatic heterocycles. The van der Waals surface area contributed by atoms with E-state index in [1.165, 1.54) is 4.68 Å². The third kappa shape index (κ3) is 4.21. The van der Waals surface area contributed by atoms with Gasteiger partial charge in [0.15, 0.2) is 5.69 Å². The zero-order chi connectivity index (χ0) is 20.9. The summed E-state index contributed by atoms with van der Waals surface area (Å²) in [7, 11) is 0. The predicted molar refractivity (Wildman–Crippen MR) is 121 cm³/mol. The third-order valence-electron chi connectivity index (χ3n) is 4.53. The highest BCUT2D eigenvalue weighted by molar-refractivity contribution is 9.10. The molecule has 0 bridgehead atoms. The van der Waals surface area contributed by atoms with Crippen LogP contribution in [0.5, 0.6) is 0 Å². The number of carbonyl (C=O) groups is 1. The molecule has 1 N–H and O–H groups in total. The molecule has 0 aliphatic rings. The van der Waals surface area contributed by atoms with E-state index in [9.17, 15) is 9.59 Å². The topological polar surface area (TPSA) is 76.3 Å². The molecule has 30 heavy (non-hydrogen) atoms. The number of nitrogens with zero attached hydrogens (tertiary/aromatic N) is 3. The van der Waals surface area contributed by atoms with Gasteiger partial charge in [-0.2, -0.15) is 10.2 Å². The maximum absolute atomic E-state index is 12.9. The average Bonchev–Trinajstić information content (AvgIpc) is 2.77. The highest BCUT2D eigenvalue weighted by Gasteiger charge is 2.16. The molecule has 4 aromatic rings. The summed E-state index contributed by atoms with van der Waals surface area (Å²) in [5.74, 6) is -0.490. The van der Waals surface area contributed by atoms with Gasteiger partial charge < -0.3 is 0 Å². The van der Waals surface area contributed by atoms with Crippen LogP contribution in [-0.4, -0.2) is 21.9 Å². The first-order valence-electron chi connectivity index (χ1n) is 9.25. The zero-order valence-electron chi connectivity index (χ0n) is 15.8. The van der Waals surface area contributed by atoms with Crippen LogP contribution in [0.2, 0.25) is 0 Å². The van der Waals surface area contributed by atoms with Crippen LogP contribution in [0.4, 0.5) is 0 Å². The van der Waals surface area contributed by atoms with Crippen molar-refractivity contribution in [1.29, 1.82) is 0 Å². The lowest BCUT2D eigenvalue weighted by Gasteiger charge is -2.10. The van der Waals surface area contributed by atoms with Gasteiger partial charge in [-0.15, -0.1) is 0 Å². The Kier molecular flexibility index (Phi) is 5.81. The molecule has 6 nitrogen and oxygen atoms in total. The van der Waals surface area contributed by atoms with Crippen molar-refractivity contribution in [2.24, 2.45) is 5.10 Å². The van der Waals surface area contributed by atoms with E-state index in [0.717, 1.165) is 15.6 Å². The Morgan fingerprint density at radius 2 is 1.63 bits per heavy atom. The molecule has 1 amide bonds. The van der Waals surface area contributed by atoms with Crippen molar-refractivity contribution >= 4 is 38.8 Å². The number of benzene rings is 3. The fraction of sp³-hybridized carbons (Fsp3) is 0.0435. The van der Waals surface area contributed by atoms with E-state index in [0.29, 0.717) is 10.8 Å². The minimum atomic E-state index is -0.490. The van der Waals surface area contributed by atoms with Crippen molar-refractivity contribution in [3.05, 3.63) is 111 Å². The van der Waals surface area contributed by atoms with E-state index >= 15 is 0 Å². The summed E-state index contributed by atoms with van der Waals surface area (Å²) in [5, 5.41) is 9.31. The standard InChI is InChI=1S/C23H17BrN4O2/c24-20-13-7-4-10-17(20)14-25-26-22(29)21-18-11-5-6-12-19(18)23(30)28(27-21)15-16-8-2-1-3-9-16/h1-14H,15H2,(H,26,29)/b25-14-. The van der Waals surface area contributed by atoms with Crippen molar-refractivity contribution in [2.45, 2.75) is 6.54 Å². The monoisotopic (exact) mass is 460 g/mol. The third-order valence-corrected chi connectivity index (χ3v) is 5.26. The fourth-order valence-electron chi connectivity index (χ4n) is 3.06. The Balaban J connectivity index is 1.68. The maximum Gasteiger partial charge on any atom is 0.292 e. The van der Waals surface area contributed by atoms with Crippen LogP contribution in [0.15, 0.2) is 93.2 Å². The second-order valence-electron chi connectivity index (χ2n) is 6.56. The van der Waals surface area contributed by atoms with Gasteiger partial charge in [-0.25, -0.2) is 10.1 Å². The van der Waals surface area contributed by atoms with E-state index in [-0.39, 0.29) is 17.8 Å². The molecule has 0 aliphatic carbocycles. The number of nitrogens with one attached hydrogen (secondary N) is 1. The van der Waals surface area contributed by atoms with E-state index in [4.69, 9.17) is 0 Å². The number of hydrogen-bond donors (Lipinski definition) is 1. The number of carbonyl (C=O) groups excluding carboxylic acids is 1. The van der Waals surface area contributed by atoms with Gasteiger partial charge >= 0.3 is 0 Å². The maximum atomic E-state index is 12.9. The lowest BCUT2D eigenvalue weighted by atomic mass is 10.1. The van der Waals surface area contributed by atoms with Crippen LogP contribution in [0.3, 0.4) is 0 Å². The van der Waals surface area contributed by atoms with Crippen LogP contribution in [-0.2, 0) is 6.54 Å². The second-order valence-corrected chi connectivity index (χ2v) is 7.42. The smallest absolute Gasteiger partial charge is 0.267 e. The van der Waals surface area contributed by atoms with E-state index in [1.807, 2.05) is 54.6 Å². The lowest BCUT2D eigenvalue weighted by molar-refractivity contribution is 0.0949. The van der Waals surface area contributed by atoms with Gasteiger partial charge in [0.1, 0.15) is 0 Å². The highest BCUT2D eigenvalue weighted by Crippen LogP contribution is 2.15. The predicted octanol–water partition coefficient (Wildman–Crippen LogP) is 3.97.